The van der Waals surface area contributed by atoms with Crippen molar-refractivity contribution in [3.8, 4) is 0 Å². The minimum Gasteiger partial charge on any atom is -0.305 e. The molecule has 2 rings (SSSR count). The summed E-state index contributed by atoms with van der Waals surface area (Å²) >= 11 is 0. The third-order valence-corrected chi connectivity index (χ3v) is 2.87. The van der Waals surface area contributed by atoms with Crippen LogP contribution in [0.15, 0.2) is 0 Å². The highest BCUT2D eigenvalue weighted by Gasteiger charge is 2.49. The molecule has 0 N–H and O–H groups in total. The van der Waals surface area contributed by atoms with Gasteiger partial charge in [0.2, 0.25) is 0 Å². The van der Waals surface area contributed by atoms with Crippen molar-refractivity contribution in [1.29, 1.82) is 0 Å². The maximum Gasteiger partial charge on any atom is 0.0212 e. The molecule has 1 spiro atoms. The average Bonchev–Trinajstić information content (AvgIpc) is 1.80. The molecule has 2 heterocycles. The van der Waals surface area contributed by atoms with E-state index in [1.165, 1.54) is 39.1 Å². The van der Waals surface area contributed by atoms with E-state index in [1.807, 2.05) is 0 Å². The van der Waals surface area contributed by atoms with Crippen LogP contribution in [0.3, 0.4) is 0 Å². The standard InChI is InChI=1S/C9H18N2/c1-3-4-11-7-9(8-11)5-10(2)6-9/h3-8H2,1-2H3. The number of nitrogens with zero attached hydrogens (tertiary/aromatic N) is 2. The average molecular weight is 154 g/mol. The van der Waals surface area contributed by atoms with Crippen LogP contribution in [0.1, 0.15) is 13.3 Å². The predicted octanol–water partition coefficient (Wildman–Crippen LogP) is 0.644. The SMILES string of the molecule is CCCN1CC2(CN(C)C2)C1. The Balaban J connectivity index is 1.72. The van der Waals surface area contributed by atoms with Crippen molar-refractivity contribution in [2.24, 2.45) is 5.41 Å². The number of hydrogen-bond donors (Lipinski definition) is 0. The molecular formula is C9H18N2. The minimum absolute atomic E-state index is 0.740. The molecule has 2 nitrogen and oxygen atoms in total. The van der Waals surface area contributed by atoms with Gasteiger partial charge in [0.1, 0.15) is 0 Å². The van der Waals surface area contributed by atoms with Gasteiger partial charge in [-0.25, -0.2) is 0 Å². The van der Waals surface area contributed by atoms with Crippen molar-refractivity contribution in [3.05, 3.63) is 0 Å². The van der Waals surface area contributed by atoms with Crippen LogP contribution in [0.2, 0.25) is 0 Å². The monoisotopic (exact) mass is 154 g/mol. The summed E-state index contributed by atoms with van der Waals surface area (Å²) in [5.41, 5.74) is 0.740. The number of rotatable bonds is 2. The molecule has 0 aliphatic carbocycles. The Morgan fingerprint density at radius 2 is 1.82 bits per heavy atom. The van der Waals surface area contributed by atoms with Gasteiger partial charge in [0, 0.05) is 31.6 Å². The normalized spacial score (nSPS) is 30.0. The van der Waals surface area contributed by atoms with Crippen molar-refractivity contribution in [2.45, 2.75) is 13.3 Å². The molecule has 0 bridgehead atoms. The molecule has 0 radical (unpaired) electrons. The topological polar surface area (TPSA) is 6.48 Å². The van der Waals surface area contributed by atoms with Gasteiger partial charge in [0.15, 0.2) is 0 Å². The van der Waals surface area contributed by atoms with E-state index in [2.05, 4.69) is 23.8 Å². The lowest BCUT2D eigenvalue weighted by Gasteiger charge is -2.59. The van der Waals surface area contributed by atoms with Crippen LogP contribution < -0.4 is 0 Å². The highest BCUT2D eigenvalue weighted by molar-refractivity contribution is 5.04. The minimum atomic E-state index is 0.740. The summed E-state index contributed by atoms with van der Waals surface area (Å²) in [5, 5.41) is 0. The second kappa shape index (κ2) is 2.46. The summed E-state index contributed by atoms with van der Waals surface area (Å²) in [5.74, 6) is 0. The van der Waals surface area contributed by atoms with Crippen LogP contribution in [0.25, 0.3) is 0 Å². The highest BCUT2D eigenvalue weighted by Crippen LogP contribution is 2.38. The number of likely N-dealkylation sites (tertiary alicyclic amines) is 2. The lowest BCUT2D eigenvalue weighted by Crippen LogP contribution is -2.71. The third-order valence-electron chi connectivity index (χ3n) is 2.87. The predicted molar refractivity (Wildman–Crippen MR) is 46.7 cm³/mol. The van der Waals surface area contributed by atoms with E-state index in [9.17, 15) is 0 Å². The fourth-order valence-corrected chi connectivity index (χ4v) is 2.68. The van der Waals surface area contributed by atoms with Crippen LogP contribution in [-0.4, -0.2) is 49.6 Å². The van der Waals surface area contributed by atoms with Crippen molar-refractivity contribution < 1.29 is 0 Å². The molecule has 0 aromatic rings. The molecule has 0 atom stereocenters. The van der Waals surface area contributed by atoms with Gasteiger partial charge < -0.3 is 9.80 Å². The molecule has 0 aromatic carbocycles. The van der Waals surface area contributed by atoms with E-state index in [-0.39, 0.29) is 0 Å². The Labute approximate surface area is 69.2 Å². The van der Waals surface area contributed by atoms with Gasteiger partial charge in [-0.1, -0.05) is 6.92 Å². The molecule has 0 amide bonds. The summed E-state index contributed by atoms with van der Waals surface area (Å²) in [6, 6.07) is 0. The van der Waals surface area contributed by atoms with Gasteiger partial charge in [-0.05, 0) is 20.0 Å². The molecule has 2 aliphatic rings. The van der Waals surface area contributed by atoms with E-state index in [0.29, 0.717) is 0 Å². The summed E-state index contributed by atoms with van der Waals surface area (Å²) in [7, 11) is 2.22. The Morgan fingerprint density at radius 1 is 1.18 bits per heavy atom. The van der Waals surface area contributed by atoms with Gasteiger partial charge in [-0.2, -0.15) is 0 Å². The second-order valence-electron chi connectivity index (χ2n) is 4.38. The molecular weight excluding hydrogens is 136 g/mol. The first kappa shape index (κ1) is 7.56. The summed E-state index contributed by atoms with van der Waals surface area (Å²) < 4.78 is 0. The smallest absolute Gasteiger partial charge is 0.0212 e. The Hall–Kier alpha value is -0.0800. The summed E-state index contributed by atoms with van der Waals surface area (Å²) in [6.07, 6.45) is 1.31. The van der Waals surface area contributed by atoms with Crippen LogP contribution in [-0.2, 0) is 0 Å². The van der Waals surface area contributed by atoms with E-state index in [0.717, 1.165) is 5.41 Å². The first-order valence-electron chi connectivity index (χ1n) is 4.65. The molecule has 2 fully saturated rings. The van der Waals surface area contributed by atoms with Crippen LogP contribution >= 0.6 is 0 Å². The van der Waals surface area contributed by atoms with Crippen molar-refractivity contribution in [3.63, 3.8) is 0 Å². The highest BCUT2D eigenvalue weighted by atomic mass is 15.3. The fourth-order valence-electron chi connectivity index (χ4n) is 2.68. The Kier molecular flexibility index (Phi) is 1.69. The van der Waals surface area contributed by atoms with Crippen molar-refractivity contribution in [1.82, 2.24) is 9.80 Å². The van der Waals surface area contributed by atoms with Gasteiger partial charge in [0.25, 0.3) is 0 Å². The van der Waals surface area contributed by atoms with E-state index < -0.39 is 0 Å². The Bertz CT molecular complexity index is 142. The molecule has 64 valence electrons. The molecule has 0 aromatic heterocycles. The molecule has 2 saturated heterocycles. The Morgan fingerprint density at radius 3 is 2.27 bits per heavy atom. The zero-order valence-electron chi connectivity index (χ0n) is 7.64. The zero-order chi connectivity index (χ0) is 7.90. The lowest BCUT2D eigenvalue weighted by atomic mass is 9.73. The summed E-state index contributed by atoms with van der Waals surface area (Å²) in [6.45, 7) is 8.99. The molecule has 2 aliphatic heterocycles. The van der Waals surface area contributed by atoms with Gasteiger partial charge >= 0.3 is 0 Å². The van der Waals surface area contributed by atoms with Crippen molar-refractivity contribution in [2.75, 3.05) is 39.8 Å². The van der Waals surface area contributed by atoms with Gasteiger partial charge in [-0.3, -0.25) is 0 Å². The van der Waals surface area contributed by atoms with Crippen LogP contribution in [0.4, 0.5) is 0 Å². The van der Waals surface area contributed by atoms with E-state index in [1.54, 1.807) is 0 Å². The number of hydrogen-bond acceptors (Lipinski definition) is 2. The molecule has 0 unspecified atom stereocenters. The van der Waals surface area contributed by atoms with E-state index in [4.69, 9.17) is 0 Å². The first-order valence-corrected chi connectivity index (χ1v) is 4.65. The van der Waals surface area contributed by atoms with Crippen molar-refractivity contribution >= 4 is 0 Å². The van der Waals surface area contributed by atoms with Crippen LogP contribution in [0, 0.1) is 5.41 Å². The largest absolute Gasteiger partial charge is 0.305 e. The lowest BCUT2D eigenvalue weighted by molar-refractivity contribution is -0.103. The maximum absolute atomic E-state index is 2.58. The van der Waals surface area contributed by atoms with Gasteiger partial charge in [0.05, 0.1) is 0 Å². The fraction of sp³-hybridized carbons (Fsp3) is 1.00. The summed E-state index contributed by atoms with van der Waals surface area (Å²) in [4.78, 5) is 5.00. The van der Waals surface area contributed by atoms with E-state index >= 15 is 0 Å². The quantitative estimate of drug-likeness (QED) is 0.576. The first-order chi connectivity index (χ1) is 5.24. The van der Waals surface area contributed by atoms with Crippen LogP contribution in [0.5, 0.6) is 0 Å². The third kappa shape index (κ3) is 1.18. The molecule has 0 saturated carbocycles. The van der Waals surface area contributed by atoms with Gasteiger partial charge in [-0.15, -0.1) is 0 Å². The maximum atomic E-state index is 2.58. The zero-order valence-corrected chi connectivity index (χ0v) is 7.64. The molecule has 2 heteroatoms. The second-order valence-corrected chi connectivity index (χ2v) is 4.38. The molecule has 11 heavy (non-hydrogen) atoms.